The molecule has 3 aromatic carbocycles. The van der Waals surface area contributed by atoms with Crippen LogP contribution in [0.3, 0.4) is 0 Å². The number of para-hydroxylation sites is 2. The van der Waals surface area contributed by atoms with E-state index in [9.17, 15) is 18.4 Å². The lowest BCUT2D eigenvalue weighted by molar-refractivity contribution is -0.115. The largest absolute Gasteiger partial charge is 0.457 e. The highest BCUT2D eigenvalue weighted by atomic mass is 32.2. The van der Waals surface area contributed by atoms with Gasteiger partial charge in [-0.15, -0.1) is 11.8 Å². The number of aldehydes is 1. The molecular formula is C27H29F2N2O3PS. The Labute approximate surface area is 217 Å². The minimum Gasteiger partial charge on any atom is -0.457 e. The summed E-state index contributed by atoms with van der Waals surface area (Å²) in [6.07, 6.45) is 2.41. The van der Waals surface area contributed by atoms with E-state index in [2.05, 4.69) is 0 Å². The summed E-state index contributed by atoms with van der Waals surface area (Å²) in [6.45, 7) is 3.32. The van der Waals surface area contributed by atoms with Crippen LogP contribution in [-0.2, 0) is 17.0 Å². The number of benzene rings is 3. The predicted molar refractivity (Wildman–Crippen MR) is 144 cm³/mol. The van der Waals surface area contributed by atoms with E-state index < -0.39 is 17.2 Å². The van der Waals surface area contributed by atoms with E-state index in [1.165, 1.54) is 34.7 Å². The summed E-state index contributed by atoms with van der Waals surface area (Å²) in [6, 6.07) is 20.4. The topological polar surface area (TPSA) is 49.9 Å². The number of urea groups is 1. The van der Waals surface area contributed by atoms with Crippen molar-refractivity contribution in [3.63, 3.8) is 0 Å². The number of rotatable bonds is 9. The van der Waals surface area contributed by atoms with Gasteiger partial charge in [-0.2, -0.15) is 8.78 Å². The number of anilines is 1. The van der Waals surface area contributed by atoms with Gasteiger partial charge in [0.25, 0.3) is 5.66 Å². The number of thioether (sulfide) groups is 1. The summed E-state index contributed by atoms with van der Waals surface area (Å²) >= 11 is 1.20. The zero-order chi connectivity index (χ0) is 26.5. The first-order valence-corrected chi connectivity index (χ1v) is 13.0. The van der Waals surface area contributed by atoms with Crippen molar-refractivity contribution in [2.75, 3.05) is 18.2 Å². The second-order valence-electron chi connectivity index (χ2n) is 8.73. The minimum atomic E-state index is -3.16. The van der Waals surface area contributed by atoms with Crippen molar-refractivity contribution in [2.45, 2.75) is 36.5 Å². The number of nitrogens with zero attached hydrogens (tertiary/aromatic N) is 2. The number of carbonyl (C=O) groups is 2. The number of hydrogen-bond donors (Lipinski definition) is 0. The van der Waals surface area contributed by atoms with E-state index >= 15 is 0 Å². The van der Waals surface area contributed by atoms with E-state index in [4.69, 9.17) is 4.74 Å². The van der Waals surface area contributed by atoms with Gasteiger partial charge >= 0.3 is 6.03 Å². The molecule has 0 saturated carbocycles. The lowest BCUT2D eigenvalue weighted by Gasteiger charge is -2.37. The summed E-state index contributed by atoms with van der Waals surface area (Å²) in [5.41, 5.74) is -3.56. The maximum Gasteiger partial charge on any atom is 0.325 e. The molecule has 0 aliphatic carbocycles. The van der Waals surface area contributed by atoms with Crippen molar-refractivity contribution in [1.29, 1.82) is 0 Å². The van der Waals surface area contributed by atoms with Crippen molar-refractivity contribution in [2.24, 2.45) is 0 Å². The van der Waals surface area contributed by atoms with E-state index in [0.717, 1.165) is 0 Å². The Morgan fingerprint density at radius 1 is 1.06 bits per heavy atom. The van der Waals surface area contributed by atoms with Gasteiger partial charge in [-0.1, -0.05) is 45.6 Å². The number of carbonyl (C=O) groups excluding carboxylic acids is 2. The average Bonchev–Trinajstić information content (AvgIpc) is 2.87. The molecule has 0 aliphatic rings. The summed E-state index contributed by atoms with van der Waals surface area (Å²) in [7, 11) is 3.04. The number of amides is 2. The minimum absolute atomic E-state index is 0.0630. The average molecular weight is 531 g/mol. The van der Waals surface area contributed by atoms with Gasteiger partial charge in [0.15, 0.2) is 0 Å². The van der Waals surface area contributed by atoms with Crippen LogP contribution in [0.25, 0.3) is 0 Å². The van der Waals surface area contributed by atoms with E-state index in [-0.39, 0.29) is 17.8 Å². The van der Waals surface area contributed by atoms with Gasteiger partial charge in [-0.3, -0.25) is 4.90 Å². The smallest absolute Gasteiger partial charge is 0.325 e. The van der Waals surface area contributed by atoms with Gasteiger partial charge < -0.3 is 14.4 Å². The fourth-order valence-electron chi connectivity index (χ4n) is 3.56. The van der Waals surface area contributed by atoms with E-state index in [1.807, 2.05) is 48.5 Å². The summed E-state index contributed by atoms with van der Waals surface area (Å²) in [5, 5.41) is 0. The first-order valence-electron chi connectivity index (χ1n) is 11.2. The number of alkyl halides is 2. The molecule has 3 rings (SSSR count). The van der Waals surface area contributed by atoms with Gasteiger partial charge in [0.05, 0.1) is 12.1 Å². The van der Waals surface area contributed by atoms with Crippen molar-refractivity contribution in [1.82, 2.24) is 4.90 Å². The Kier molecular flexibility index (Phi) is 8.75. The maximum absolute atomic E-state index is 14.2. The SMILES string of the molecule is CSc1ccc(N(C)C(=O)N(Cc2ccccc2Oc2ccccc2)C(C)(C)C=O)cc1C(F)(F)P. The van der Waals surface area contributed by atoms with E-state index in [0.29, 0.717) is 28.2 Å². The normalized spacial score (nSPS) is 11.6. The fourth-order valence-corrected chi connectivity index (χ4v) is 4.52. The Balaban J connectivity index is 1.96. The van der Waals surface area contributed by atoms with Crippen LogP contribution in [0.2, 0.25) is 0 Å². The van der Waals surface area contributed by atoms with Crippen molar-refractivity contribution in [3.8, 4) is 11.5 Å². The zero-order valence-electron chi connectivity index (χ0n) is 20.6. The molecule has 0 fully saturated rings. The highest BCUT2D eigenvalue weighted by molar-refractivity contribution is 7.98. The molecule has 0 aliphatic heterocycles. The summed E-state index contributed by atoms with van der Waals surface area (Å²) in [5.74, 6) is 1.18. The van der Waals surface area contributed by atoms with Crippen LogP contribution in [0.1, 0.15) is 25.0 Å². The number of ether oxygens (including phenoxy) is 1. The number of hydrogen-bond acceptors (Lipinski definition) is 4. The Morgan fingerprint density at radius 3 is 2.31 bits per heavy atom. The van der Waals surface area contributed by atoms with Gasteiger partial charge in [0, 0.05) is 28.8 Å². The molecule has 0 N–H and O–H groups in total. The van der Waals surface area contributed by atoms with Crippen LogP contribution in [0.15, 0.2) is 77.7 Å². The van der Waals surface area contributed by atoms with Crippen LogP contribution >= 0.6 is 21.0 Å². The molecular weight excluding hydrogens is 501 g/mol. The molecule has 5 nitrogen and oxygen atoms in total. The lowest BCUT2D eigenvalue weighted by atomic mass is 10.0. The molecule has 1 atom stereocenters. The molecule has 36 heavy (non-hydrogen) atoms. The standard InChI is InChI=1S/C27H29F2N2O3PS/c1-26(2,18-32)31(17-19-10-8-9-13-23(19)34-21-11-6-5-7-12-21)25(33)30(3)20-14-15-24(36-4)22(16-20)27(28,29)35/h5-16,18H,17,35H2,1-4H3. The van der Waals surface area contributed by atoms with Crippen LogP contribution in [-0.4, -0.2) is 36.1 Å². The molecule has 9 heteroatoms. The highest BCUT2D eigenvalue weighted by Crippen LogP contribution is 2.41. The molecule has 2 amide bonds. The van der Waals surface area contributed by atoms with Crippen LogP contribution in [0, 0.1) is 0 Å². The Morgan fingerprint density at radius 2 is 1.69 bits per heavy atom. The quantitative estimate of drug-likeness (QED) is 0.167. The third kappa shape index (κ3) is 6.42. The molecule has 0 bridgehead atoms. The summed E-state index contributed by atoms with van der Waals surface area (Å²) in [4.78, 5) is 28.8. The van der Waals surface area contributed by atoms with Gasteiger partial charge in [-0.05, 0) is 56.5 Å². The molecule has 0 radical (unpaired) electrons. The monoisotopic (exact) mass is 530 g/mol. The molecule has 0 spiro atoms. The molecule has 3 aromatic rings. The Bertz CT molecular complexity index is 1220. The third-order valence-corrected chi connectivity index (χ3v) is 6.81. The van der Waals surface area contributed by atoms with Crippen LogP contribution in [0.5, 0.6) is 11.5 Å². The van der Waals surface area contributed by atoms with Crippen molar-refractivity contribution >= 4 is 39.0 Å². The molecule has 0 heterocycles. The number of halogens is 2. The van der Waals surface area contributed by atoms with Crippen LogP contribution in [0.4, 0.5) is 19.3 Å². The second-order valence-corrected chi connectivity index (χ2v) is 10.3. The Hall–Kier alpha value is -2.96. The molecule has 0 aromatic heterocycles. The zero-order valence-corrected chi connectivity index (χ0v) is 22.5. The molecule has 1 unspecified atom stereocenters. The lowest BCUT2D eigenvalue weighted by Crippen LogP contribution is -2.53. The van der Waals surface area contributed by atoms with Gasteiger partial charge in [0.1, 0.15) is 17.8 Å². The maximum atomic E-state index is 14.2. The first-order chi connectivity index (χ1) is 17.0. The second kappa shape index (κ2) is 11.4. The van der Waals surface area contributed by atoms with Crippen LogP contribution < -0.4 is 9.64 Å². The van der Waals surface area contributed by atoms with Gasteiger partial charge in [0.2, 0.25) is 0 Å². The van der Waals surface area contributed by atoms with Gasteiger partial charge in [-0.25, -0.2) is 4.79 Å². The highest BCUT2D eigenvalue weighted by Gasteiger charge is 2.35. The molecule has 0 saturated heterocycles. The summed E-state index contributed by atoms with van der Waals surface area (Å²) < 4.78 is 34.5. The van der Waals surface area contributed by atoms with E-state index in [1.54, 1.807) is 47.5 Å². The third-order valence-electron chi connectivity index (χ3n) is 5.70. The van der Waals surface area contributed by atoms with Crippen molar-refractivity contribution < 1.29 is 23.1 Å². The first kappa shape index (κ1) is 27.6. The molecule has 190 valence electrons. The fraction of sp³-hybridized carbons (Fsp3) is 0.259. The van der Waals surface area contributed by atoms with Crippen molar-refractivity contribution in [3.05, 3.63) is 83.9 Å². The predicted octanol–water partition coefficient (Wildman–Crippen LogP) is 7.16.